The van der Waals surface area contributed by atoms with Gasteiger partial charge in [0.25, 0.3) is 0 Å². The highest BCUT2D eigenvalue weighted by Gasteiger charge is 2.37. The second-order valence-corrected chi connectivity index (χ2v) is 8.20. The maximum atomic E-state index is 12.2. The van der Waals surface area contributed by atoms with Crippen molar-refractivity contribution in [2.24, 2.45) is 5.41 Å². The molecule has 1 atom stereocenters. The number of hydrogen-bond acceptors (Lipinski definition) is 4. The molecule has 27 heavy (non-hydrogen) atoms. The lowest BCUT2D eigenvalue weighted by Crippen LogP contribution is -2.46. The fourth-order valence-corrected chi connectivity index (χ4v) is 4.80. The van der Waals surface area contributed by atoms with Crippen LogP contribution in [0.25, 0.3) is 0 Å². The van der Waals surface area contributed by atoms with Crippen molar-refractivity contribution in [3.63, 3.8) is 0 Å². The van der Waals surface area contributed by atoms with Crippen molar-refractivity contribution in [3.05, 3.63) is 29.8 Å². The Morgan fingerprint density at radius 3 is 2.44 bits per heavy atom. The standard InChI is InChI=1S/C22H27N3O2/c1-2-24-12-8-22(9-13-24)10-14-25(15-11-22)18-5-3-4-17(16-18)19-6-7-20(26)23-21(19)27/h1,3-5,16,19H,6-15H2,(H,23,26,27). The van der Waals surface area contributed by atoms with Gasteiger partial charge in [0, 0.05) is 44.3 Å². The first-order valence-electron chi connectivity index (χ1n) is 9.98. The summed E-state index contributed by atoms with van der Waals surface area (Å²) in [4.78, 5) is 28.1. The van der Waals surface area contributed by atoms with E-state index in [4.69, 9.17) is 6.42 Å². The molecule has 4 rings (SSSR count). The third-order valence-corrected chi connectivity index (χ3v) is 6.71. The number of carbonyl (C=O) groups is 2. The lowest BCUT2D eigenvalue weighted by Gasteiger charge is -2.46. The predicted octanol–water partition coefficient (Wildman–Crippen LogP) is 2.48. The summed E-state index contributed by atoms with van der Waals surface area (Å²) in [5, 5.41) is 2.46. The van der Waals surface area contributed by atoms with Crippen LogP contribution >= 0.6 is 0 Å². The molecule has 3 aliphatic heterocycles. The molecule has 2 amide bonds. The number of likely N-dealkylation sites (tertiary alicyclic amines) is 1. The van der Waals surface area contributed by atoms with E-state index in [1.807, 2.05) is 12.1 Å². The van der Waals surface area contributed by atoms with E-state index < -0.39 is 0 Å². The zero-order valence-electron chi connectivity index (χ0n) is 15.7. The Morgan fingerprint density at radius 2 is 1.78 bits per heavy atom. The van der Waals surface area contributed by atoms with E-state index in [1.54, 1.807) is 0 Å². The van der Waals surface area contributed by atoms with E-state index in [9.17, 15) is 9.59 Å². The minimum Gasteiger partial charge on any atom is -0.371 e. The van der Waals surface area contributed by atoms with Gasteiger partial charge in [-0.3, -0.25) is 14.9 Å². The van der Waals surface area contributed by atoms with Gasteiger partial charge in [0.1, 0.15) is 0 Å². The average Bonchev–Trinajstić information content (AvgIpc) is 2.69. The second kappa shape index (κ2) is 7.26. The van der Waals surface area contributed by atoms with Crippen LogP contribution in [0.2, 0.25) is 0 Å². The summed E-state index contributed by atoms with van der Waals surface area (Å²) in [5.41, 5.74) is 2.65. The molecule has 1 N–H and O–H groups in total. The first kappa shape index (κ1) is 17.9. The molecule has 1 unspecified atom stereocenters. The average molecular weight is 365 g/mol. The summed E-state index contributed by atoms with van der Waals surface area (Å²) in [7, 11) is 0. The zero-order chi connectivity index (χ0) is 18.9. The zero-order valence-corrected chi connectivity index (χ0v) is 15.7. The topological polar surface area (TPSA) is 52.6 Å². The van der Waals surface area contributed by atoms with E-state index in [2.05, 4.69) is 33.3 Å². The van der Waals surface area contributed by atoms with Crippen molar-refractivity contribution in [3.8, 4) is 12.5 Å². The maximum Gasteiger partial charge on any atom is 0.234 e. The van der Waals surface area contributed by atoms with Gasteiger partial charge >= 0.3 is 0 Å². The van der Waals surface area contributed by atoms with Crippen LogP contribution in [-0.2, 0) is 9.59 Å². The molecule has 142 valence electrons. The van der Waals surface area contributed by atoms with Crippen LogP contribution in [0.3, 0.4) is 0 Å². The molecule has 1 aromatic carbocycles. The van der Waals surface area contributed by atoms with Crippen LogP contribution in [0.5, 0.6) is 0 Å². The molecule has 3 aliphatic rings. The molecular formula is C22H27N3O2. The van der Waals surface area contributed by atoms with Gasteiger partial charge in [0.15, 0.2) is 0 Å². The van der Waals surface area contributed by atoms with Crippen molar-refractivity contribution >= 4 is 17.5 Å². The Labute approximate surface area is 161 Å². The van der Waals surface area contributed by atoms with E-state index >= 15 is 0 Å². The minimum atomic E-state index is -0.216. The maximum absolute atomic E-state index is 12.2. The van der Waals surface area contributed by atoms with Crippen LogP contribution in [0.15, 0.2) is 24.3 Å². The van der Waals surface area contributed by atoms with Crippen molar-refractivity contribution < 1.29 is 9.59 Å². The van der Waals surface area contributed by atoms with Crippen LogP contribution in [0, 0.1) is 17.9 Å². The van der Waals surface area contributed by atoms with Crippen molar-refractivity contribution in [1.82, 2.24) is 10.2 Å². The number of hydrogen-bond donors (Lipinski definition) is 1. The van der Waals surface area contributed by atoms with E-state index in [-0.39, 0.29) is 17.7 Å². The van der Waals surface area contributed by atoms with Gasteiger partial charge in [-0.25, -0.2) is 0 Å². The SMILES string of the molecule is C#CN1CCC2(CC1)CCN(c1cccc(C3CCC(=O)NC3=O)c1)CC2. The van der Waals surface area contributed by atoms with Gasteiger partial charge in [-0.05, 0) is 55.2 Å². The number of carbonyl (C=O) groups excluding carboxylic acids is 2. The summed E-state index contributed by atoms with van der Waals surface area (Å²) in [5.74, 6) is -0.544. The molecule has 3 saturated heterocycles. The Hall–Kier alpha value is -2.48. The molecular weight excluding hydrogens is 338 g/mol. The highest BCUT2D eigenvalue weighted by atomic mass is 16.2. The summed E-state index contributed by atoms with van der Waals surface area (Å²) in [6, 6.07) is 11.1. The number of amides is 2. The van der Waals surface area contributed by atoms with Crippen molar-refractivity contribution in [2.45, 2.75) is 44.4 Å². The summed E-state index contributed by atoms with van der Waals surface area (Å²) in [6.45, 7) is 4.13. The van der Waals surface area contributed by atoms with Gasteiger partial charge in [-0.1, -0.05) is 18.6 Å². The number of terminal acetylenes is 1. The highest BCUT2D eigenvalue weighted by Crippen LogP contribution is 2.42. The van der Waals surface area contributed by atoms with Gasteiger partial charge in [0.05, 0.1) is 5.92 Å². The Morgan fingerprint density at radius 1 is 1.07 bits per heavy atom. The number of benzene rings is 1. The van der Waals surface area contributed by atoms with Crippen LogP contribution in [0.1, 0.15) is 50.0 Å². The third-order valence-electron chi connectivity index (χ3n) is 6.71. The lowest BCUT2D eigenvalue weighted by atomic mass is 9.71. The molecule has 5 nitrogen and oxygen atoms in total. The Balaban J connectivity index is 1.41. The highest BCUT2D eigenvalue weighted by molar-refractivity contribution is 6.01. The van der Waals surface area contributed by atoms with E-state index in [0.29, 0.717) is 18.3 Å². The largest absolute Gasteiger partial charge is 0.371 e. The molecule has 0 aromatic heterocycles. The molecule has 0 bridgehead atoms. The van der Waals surface area contributed by atoms with Gasteiger partial charge in [-0.15, -0.1) is 0 Å². The summed E-state index contributed by atoms with van der Waals surface area (Å²) < 4.78 is 0. The smallest absolute Gasteiger partial charge is 0.234 e. The quantitative estimate of drug-likeness (QED) is 0.646. The number of nitrogens with zero attached hydrogens (tertiary/aromatic N) is 2. The number of piperidine rings is 3. The van der Waals surface area contributed by atoms with E-state index in [1.165, 1.54) is 31.4 Å². The fourth-order valence-electron chi connectivity index (χ4n) is 4.80. The lowest BCUT2D eigenvalue weighted by molar-refractivity contribution is -0.134. The number of rotatable bonds is 2. The fraction of sp³-hybridized carbons (Fsp3) is 0.545. The Kier molecular flexibility index (Phi) is 4.82. The summed E-state index contributed by atoms with van der Waals surface area (Å²) in [6.07, 6.45) is 11.3. The monoisotopic (exact) mass is 365 g/mol. The normalized spacial score (nSPS) is 25.2. The van der Waals surface area contributed by atoms with Crippen LogP contribution in [-0.4, -0.2) is 42.9 Å². The second-order valence-electron chi connectivity index (χ2n) is 8.20. The van der Waals surface area contributed by atoms with Crippen molar-refractivity contribution in [2.75, 3.05) is 31.1 Å². The molecule has 3 fully saturated rings. The number of imide groups is 1. The first-order chi connectivity index (χ1) is 13.1. The molecule has 0 aliphatic carbocycles. The van der Waals surface area contributed by atoms with Crippen molar-refractivity contribution in [1.29, 1.82) is 0 Å². The Bertz CT molecular complexity index is 764. The third kappa shape index (κ3) is 3.66. The minimum absolute atomic E-state index is 0.162. The molecule has 0 radical (unpaired) electrons. The molecule has 3 heterocycles. The van der Waals surface area contributed by atoms with Crippen LogP contribution in [0.4, 0.5) is 5.69 Å². The van der Waals surface area contributed by atoms with Gasteiger partial charge in [-0.2, -0.15) is 0 Å². The predicted molar refractivity (Wildman–Crippen MR) is 105 cm³/mol. The first-order valence-corrected chi connectivity index (χ1v) is 9.98. The molecule has 5 heteroatoms. The van der Waals surface area contributed by atoms with Gasteiger partial charge < -0.3 is 9.80 Å². The van der Waals surface area contributed by atoms with Crippen LogP contribution < -0.4 is 10.2 Å². The molecule has 0 saturated carbocycles. The van der Waals surface area contributed by atoms with E-state index in [0.717, 1.165) is 31.7 Å². The molecule has 1 spiro atoms. The summed E-state index contributed by atoms with van der Waals surface area (Å²) >= 11 is 0. The molecule has 1 aromatic rings. The number of anilines is 1. The number of nitrogens with one attached hydrogen (secondary N) is 1. The van der Waals surface area contributed by atoms with Gasteiger partial charge in [0.2, 0.25) is 11.8 Å².